The maximum atomic E-state index is 12.7. The molecule has 0 fully saturated rings. The Hall–Kier alpha value is -3.29. The van der Waals surface area contributed by atoms with Crippen molar-refractivity contribution in [2.75, 3.05) is 19.0 Å². The maximum Gasteiger partial charge on any atom is 0.326 e. The summed E-state index contributed by atoms with van der Waals surface area (Å²) in [6.45, 7) is 4.26. The van der Waals surface area contributed by atoms with Crippen LogP contribution in [0.15, 0.2) is 48.5 Å². The predicted molar refractivity (Wildman–Crippen MR) is 138 cm³/mol. The van der Waals surface area contributed by atoms with Gasteiger partial charge in [-0.1, -0.05) is 47.5 Å². The fourth-order valence-corrected chi connectivity index (χ4v) is 4.35. The second kappa shape index (κ2) is 11.9. The molecule has 1 amide bonds. The summed E-state index contributed by atoms with van der Waals surface area (Å²) in [5.41, 5.74) is 3.48. The number of aromatic nitrogens is 1. The molecule has 0 aliphatic heterocycles. The number of aliphatic carboxylic acids is 1. The van der Waals surface area contributed by atoms with Gasteiger partial charge in [0.25, 0.3) is 5.91 Å². The highest BCUT2D eigenvalue weighted by atomic mass is 35.5. The number of carbonyl (C=O) groups excluding carboxylic acids is 1. The van der Waals surface area contributed by atoms with Gasteiger partial charge in [0.2, 0.25) is 0 Å². The Balaban J connectivity index is 1.68. The first-order valence-corrected chi connectivity index (χ1v) is 11.8. The quantitative estimate of drug-likeness (QED) is 0.347. The van der Waals surface area contributed by atoms with E-state index >= 15 is 0 Å². The number of ether oxygens (including phenoxy) is 1. The lowest BCUT2D eigenvalue weighted by Crippen LogP contribution is -2.42. The number of nitrogens with one attached hydrogen (secondary N) is 2. The number of carboxylic acid groups (broad SMARTS) is 1. The molecule has 0 aliphatic carbocycles. The molecule has 1 aromatic heterocycles. The van der Waals surface area contributed by atoms with Gasteiger partial charge < -0.3 is 20.5 Å². The van der Waals surface area contributed by atoms with Crippen LogP contribution in [0.4, 0.5) is 5.82 Å². The molecule has 3 rings (SSSR count). The number of rotatable bonds is 10. The average molecular weight is 516 g/mol. The minimum atomic E-state index is -1.16. The molecular weight excluding hydrogens is 489 g/mol. The minimum absolute atomic E-state index is 0.0490. The molecule has 9 heteroatoms. The third-order valence-electron chi connectivity index (χ3n) is 5.42. The standard InChI is InChI=1S/C26H27Cl2N3O4/c1-15-12-17(13-16(2)24(15)35-11-10-18-6-4-9-22(29-3)30-18)14-21(26(33)34)31-25(32)23-19(27)7-5-8-20(23)28/h4-9,12-13,21H,10-11,14H2,1-3H3,(H,29,30)(H,31,32)(H,33,34)/t21-/m0/s1. The number of hydrogen-bond donors (Lipinski definition) is 3. The molecule has 0 spiro atoms. The third kappa shape index (κ3) is 6.87. The summed E-state index contributed by atoms with van der Waals surface area (Å²) in [4.78, 5) is 29.1. The van der Waals surface area contributed by atoms with Crippen molar-refractivity contribution >= 4 is 40.9 Å². The molecule has 0 unspecified atom stereocenters. The molecule has 184 valence electrons. The van der Waals surface area contributed by atoms with Crippen molar-refractivity contribution in [2.45, 2.75) is 32.7 Å². The smallest absolute Gasteiger partial charge is 0.326 e. The van der Waals surface area contributed by atoms with Gasteiger partial charge in [-0.3, -0.25) is 4.79 Å². The molecule has 3 N–H and O–H groups in total. The lowest BCUT2D eigenvalue weighted by atomic mass is 9.99. The van der Waals surface area contributed by atoms with E-state index in [4.69, 9.17) is 27.9 Å². The Labute approximate surface area is 214 Å². The molecule has 2 aromatic carbocycles. The fraction of sp³-hybridized carbons (Fsp3) is 0.269. The second-order valence-corrected chi connectivity index (χ2v) is 8.90. The van der Waals surface area contributed by atoms with E-state index in [0.29, 0.717) is 13.0 Å². The zero-order valence-electron chi connectivity index (χ0n) is 19.7. The summed E-state index contributed by atoms with van der Waals surface area (Å²) in [6.07, 6.45) is 0.736. The Morgan fingerprint density at radius 3 is 2.29 bits per heavy atom. The van der Waals surface area contributed by atoms with Gasteiger partial charge in [-0.25, -0.2) is 9.78 Å². The molecule has 0 aliphatic rings. The number of carbonyl (C=O) groups is 2. The summed E-state index contributed by atoms with van der Waals surface area (Å²) in [5, 5.41) is 15.6. The Morgan fingerprint density at radius 2 is 1.69 bits per heavy atom. The molecule has 0 saturated carbocycles. The summed E-state index contributed by atoms with van der Waals surface area (Å²) in [6, 6.07) is 13.0. The van der Waals surface area contributed by atoms with Crippen molar-refractivity contribution in [3.63, 3.8) is 0 Å². The van der Waals surface area contributed by atoms with Crippen molar-refractivity contribution in [1.82, 2.24) is 10.3 Å². The summed E-state index contributed by atoms with van der Waals surface area (Å²) < 4.78 is 6.03. The van der Waals surface area contributed by atoms with Crippen LogP contribution in [0.3, 0.4) is 0 Å². The predicted octanol–water partition coefficient (Wildman–Crippen LogP) is 5.09. The van der Waals surface area contributed by atoms with Gasteiger partial charge in [0.05, 0.1) is 22.2 Å². The average Bonchev–Trinajstić information content (AvgIpc) is 2.80. The number of aryl methyl sites for hydroxylation is 2. The second-order valence-electron chi connectivity index (χ2n) is 8.09. The normalized spacial score (nSPS) is 11.6. The SMILES string of the molecule is CNc1cccc(CCOc2c(C)cc(C[C@H](NC(=O)c3c(Cl)cccc3Cl)C(=O)O)cc2C)n1. The number of halogens is 2. The molecule has 35 heavy (non-hydrogen) atoms. The van der Waals surface area contributed by atoms with E-state index < -0.39 is 17.9 Å². The largest absolute Gasteiger partial charge is 0.493 e. The van der Waals surface area contributed by atoms with Gasteiger partial charge in [-0.15, -0.1) is 0 Å². The molecule has 3 aromatic rings. The lowest BCUT2D eigenvalue weighted by molar-refractivity contribution is -0.139. The number of nitrogens with zero attached hydrogens (tertiary/aromatic N) is 1. The van der Waals surface area contributed by atoms with Gasteiger partial charge in [0.15, 0.2) is 0 Å². The zero-order chi connectivity index (χ0) is 25.5. The molecule has 1 heterocycles. The summed E-state index contributed by atoms with van der Waals surface area (Å²) in [5.74, 6) is -0.251. The van der Waals surface area contributed by atoms with E-state index in [9.17, 15) is 14.7 Å². The summed E-state index contributed by atoms with van der Waals surface area (Å²) in [7, 11) is 1.82. The first-order valence-electron chi connectivity index (χ1n) is 11.0. The van der Waals surface area contributed by atoms with Crippen molar-refractivity contribution in [3.8, 4) is 5.75 Å². The van der Waals surface area contributed by atoms with Gasteiger partial charge in [-0.05, 0) is 54.8 Å². The number of hydrogen-bond acceptors (Lipinski definition) is 5. The number of pyridine rings is 1. The Morgan fingerprint density at radius 1 is 1.06 bits per heavy atom. The Bertz CT molecular complexity index is 1190. The van der Waals surface area contributed by atoms with Gasteiger partial charge in [-0.2, -0.15) is 0 Å². The van der Waals surface area contributed by atoms with Crippen LogP contribution in [-0.4, -0.2) is 41.7 Å². The molecule has 0 radical (unpaired) electrons. The van der Waals surface area contributed by atoms with Crippen LogP contribution < -0.4 is 15.4 Å². The maximum absolute atomic E-state index is 12.7. The molecular formula is C26H27Cl2N3O4. The number of benzene rings is 2. The van der Waals surface area contributed by atoms with E-state index in [1.54, 1.807) is 6.07 Å². The van der Waals surface area contributed by atoms with E-state index in [-0.39, 0.29) is 22.0 Å². The van der Waals surface area contributed by atoms with Crippen LogP contribution in [0.1, 0.15) is 32.7 Å². The van der Waals surface area contributed by atoms with Crippen LogP contribution in [0.2, 0.25) is 10.0 Å². The van der Waals surface area contributed by atoms with E-state index in [2.05, 4.69) is 15.6 Å². The fourth-order valence-electron chi connectivity index (χ4n) is 3.78. The van der Waals surface area contributed by atoms with Gasteiger partial charge >= 0.3 is 5.97 Å². The van der Waals surface area contributed by atoms with Gasteiger partial charge in [0, 0.05) is 25.6 Å². The first kappa shape index (κ1) is 26.3. The van der Waals surface area contributed by atoms with E-state index in [1.165, 1.54) is 12.1 Å². The first-order chi connectivity index (χ1) is 16.7. The zero-order valence-corrected chi connectivity index (χ0v) is 21.2. The van der Waals surface area contributed by atoms with Crippen molar-refractivity contribution in [1.29, 1.82) is 0 Å². The van der Waals surface area contributed by atoms with E-state index in [1.807, 2.05) is 51.2 Å². The number of carboxylic acids is 1. The van der Waals surface area contributed by atoms with Crippen molar-refractivity contribution in [3.05, 3.63) is 86.5 Å². The van der Waals surface area contributed by atoms with Gasteiger partial charge in [0.1, 0.15) is 17.6 Å². The monoisotopic (exact) mass is 515 g/mol. The Kier molecular flexibility index (Phi) is 8.95. The molecule has 0 bridgehead atoms. The molecule has 7 nitrogen and oxygen atoms in total. The highest BCUT2D eigenvalue weighted by molar-refractivity contribution is 6.39. The molecule has 0 saturated heterocycles. The van der Waals surface area contributed by atoms with Crippen LogP contribution in [0, 0.1) is 13.8 Å². The highest BCUT2D eigenvalue weighted by Crippen LogP contribution is 2.27. The number of anilines is 1. The summed E-state index contributed by atoms with van der Waals surface area (Å²) >= 11 is 12.2. The van der Waals surface area contributed by atoms with Crippen LogP contribution in [0.25, 0.3) is 0 Å². The topological polar surface area (TPSA) is 101 Å². The van der Waals surface area contributed by atoms with Crippen LogP contribution in [-0.2, 0) is 17.6 Å². The van der Waals surface area contributed by atoms with Crippen LogP contribution >= 0.6 is 23.2 Å². The third-order valence-corrected chi connectivity index (χ3v) is 6.05. The van der Waals surface area contributed by atoms with Crippen molar-refractivity contribution in [2.24, 2.45) is 0 Å². The molecule has 1 atom stereocenters. The van der Waals surface area contributed by atoms with E-state index in [0.717, 1.165) is 34.0 Å². The van der Waals surface area contributed by atoms with Crippen molar-refractivity contribution < 1.29 is 19.4 Å². The minimum Gasteiger partial charge on any atom is -0.493 e. The number of amides is 1. The lowest BCUT2D eigenvalue weighted by Gasteiger charge is -2.18. The highest BCUT2D eigenvalue weighted by Gasteiger charge is 2.24. The van der Waals surface area contributed by atoms with Crippen LogP contribution in [0.5, 0.6) is 5.75 Å².